The van der Waals surface area contributed by atoms with E-state index >= 15 is 0 Å². The number of carbonyl (C=O) groups excluding carboxylic acids is 1. The van der Waals surface area contributed by atoms with Crippen LogP contribution in [0.5, 0.6) is 0 Å². The Labute approximate surface area is 88.6 Å². The number of amides is 1. The predicted octanol–water partition coefficient (Wildman–Crippen LogP) is -2.09. The summed E-state index contributed by atoms with van der Waals surface area (Å²) < 4.78 is 4.82. The summed E-state index contributed by atoms with van der Waals surface area (Å²) in [6, 6.07) is -0.623. The molecule has 0 radical (unpaired) electrons. The maximum atomic E-state index is 11.7. The molecule has 1 saturated heterocycles. The number of aliphatic hydroxyl groups excluding tert-OH is 2. The maximum absolute atomic E-state index is 11.7. The molecule has 3 atom stereocenters. The number of methoxy groups -OCH3 is 1. The Bertz CT molecular complexity index is 214. The van der Waals surface area contributed by atoms with Crippen LogP contribution in [0, 0.1) is 0 Å². The fourth-order valence-corrected chi connectivity index (χ4v) is 1.55. The van der Waals surface area contributed by atoms with Crippen LogP contribution in [-0.4, -0.2) is 66.1 Å². The van der Waals surface area contributed by atoms with Gasteiger partial charge in [-0.05, 0) is 6.42 Å². The van der Waals surface area contributed by atoms with Crippen molar-refractivity contribution in [2.75, 3.05) is 26.8 Å². The van der Waals surface area contributed by atoms with Gasteiger partial charge in [-0.15, -0.1) is 0 Å². The van der Waals surface area contributed by atoms with E-state index < -0.39 is 18.2 Å². The molecule has 4 N–H and O–H groups in total. The molecule has 3 unspecified atom stereocenters. The first kappa shape index (κ1) is 12.4. The molecule has 0 spiro atoms. The zero-order valence-corrected chi connectivity index (χ0v) is 8.80. The van der Waals surface area contributed by atoms with Gasteiger partial charge < -0.3 is 25.6 Å². The standard InChI is InChI=1S/C9H18N2O4/c1-15-3-2-6(10)9(14)11-4-7(12)8(13)5-11/h6-8,12-13H,2-5,10H2,1H3. The van der Waals surface area contributed by atoms with Crippen LogP contribution in [0.4, 0.5) is 0 Å². The zero-order chi connectivity index (χ0) is 11.4. The molecular formula is C9H18N2O4. The van der Waals surface area contributed by atoms with Crippen molar-refractivity contribution in [2.45, 2.75) is 24.7 Å². The van der Waals surface area contributed by atoms with Crippen molar-refractivity contribution in [3.05, 3.63) is 0 Å². The van der Waals surface area contributed by atoms with Gasteiger partial charge in [0.2, 0.25) is 5.91 Å². The number of β-amino-alcohol motifs (C(OH)–C–C–N with tert-alkyl or cyclic N) is 2. The third-order valence-electron chi connectivity index (χ3n) is 2.52. The van der Waals surface area contributed by atoms with E-state index in [1.807, 2.05) is 0 Å². The number of nitrogens with two attached hydrogens (primary N) is 1. The second-order valence-corrected chi connectivity index (χ2v) is 3.77. The van der Waals surface area contributed by atoms with Gasteiger partial charge in [-0.25, -0.2) is 0 Å². The van der Waals surface area contributed by atoms with Gasteiger partial charge in [0.05, 0.1) is 18.2 Å². The molecule has 6 nitrogen and oxygen atoms in total. The van der Waals surface area contributed by atoms with Gasteiger partial charge in [0, 0.05) is 26.8 Å². The van der Waals surface area contributed by atoms with Gasteiger partial charge in [-0.3, -0.25) is 4.79 Å². The van der Waals surface area contributed by atoms with Crippen molar-refractivity contribution >= 4 is 5.91 Å². The van der Waals surface area contributed by atoms with Crippen LogP contribution >= 0.6 is 0 Å². The number of hydrogen-bond donors (Lipinski definition) is 3. The van der Waals surface area contributed by atoms with Crippen LogP contribution < -0.4 is 5.73 Å². The summed E-state index contributed by atoms with van der Waals surface area (Å²) in [7, 11) is 1.54. The van der Waals surface area contributed by atoms with E-state index in [4.69, 9.17) is 10.5 Å². The molecule has 88 valence electrons. The molecule has 0 aromatic heterocycles. The lowest BCUT2D eigenvalue weighted by Gasteiger charge is -2.19. The lowest BCUT2D eigenvalue weighted by atomic mass is 10.2. The Morgan fingerprint density at radius 3 is 2.53 bits per heavy atom. The molecule has 1 aliphatic heterocycles. The molecule has 0 aliphatic carbocycles. The Balaban J connectivity index is 2.40. The second kappa shape index (κ2) is 5.41. The SMILES string of the molecule is COCCC(N)C(=O)N1CC(O)C(O)C1. The normalized spacial score (nSPS) is 28.1. The number of aliphatic hydroxyl groups is 2. The van der Waals surface area contributed by atoms with Crippen molar-refractivity contribution in [3.8, 4) is 0 Å². The van der Waals surface area contributed by atoms with Gasteiger partial charge in [0.1, 0.15) is 0 Å². The fraction of sp³-hybridized carbons (Fsp3) is 0.889. The number of hydrogen-bond acceptors (Lipinski definition) is 5. The van der Waals surface area contributed by atoms with E-state index in [9.17, 15) is 15.0 Å². The van der Waals surface area contributed by atoms with Crippen molar-refractivity contribution in [3.63, 3.8) is 0 Å². The first-order chi connectivity index (χ1) is 7.06. The van der Waals surface area contributed by atoms with E-state index in [-0.39, 0.29) is 19.0 Å². The Kier molecular flexibility index (Phi) is 4.46. The highest BCUT2D eigenvalue weighted by Crippen LogP contribution is 2.11. The topological polar surface area (TPSA) is 96.0 Å². The highest BCUT2D eigenvalue weighted by molar-refractivity contribution is 5.82. The van der Waals surface area contributed by atoms with Gasteiger partial charge in [0.15, 0.2) is 0 Å². The predicted molar refractivity (Wildman–Crippen MR) is 53.1 cm³/mol. The quantitative estimate of drug-likeness (QED) is 0.503. The third kappa shape index (κ3) is 3.13. The van der Waals surface area contributed by atoms with Crippen LogP contribution in [0.25, 0.3) is 0 Å². The molecule has 1 heterocycles. The van der Waals surface area contributed by atoms with E-state index in [0.717, 1.165) is 0 Å². The molecule has 1 rings (SSSR count). The monoisotopic (exact) mass is 218 g/mol. The fourth-order valence-electron chi connectivity index (χ4n) is 1.55. The van der Waals surface area contributed by atoms with Crippen molar-refractivity contribution < 1.29 is 19.7 Å². The molecule has 1 amide bonds. The summed E-state index contributed by atoms with van der Waals surface area (Å²) in [5, 5.41) is 18.5. The summed E-state index contributed by atoms with van der Waals surface area (Å²) in [4.78, 5) is 13.1. The molecule has 0 bridgehead atoms. The molecule has 1 fully saturated rings. The van der Waals surface area contributed by atoms with E-state index in [1.165, 1.54) is 4.90 Å². The first-order valence-corrected chi connectivity index (χ1v) is 4.95. The molecular weight excluding hydrogens is 200 g/mol. The number of likely N-dealkylation sites (tertiary alicyclic amines) is 1. The minimum absolute atomic E-state index is 0.153. The third-order valence-corrected chi connectivity index (χ3v) is 2.52. The van der Waals surface area contributed by atoms with Crippen molar-refractivity contribution in [1.29, 1.82) is 0 Å². The maximum Gasteiger partial charge on any atom is 0.239 e. The van der Waals surface area contributed by atoms with Crippen molar-refractivity contribution in [2.24, 2.45) is 5.73 Å². The Morgan fingerprint density at radius 1 is 1.53 bits per heavy atom. The van der Waals surface area contributed by atoms with Gasteiger partial charge in [-0.1, -0.05) is 0 Å². The molecule has 15 heavy (non-hydrogen) atoms. The van der Waals surface area contributed by atoms with Crippen LogP contribution in [0.15, 0.2) is 0 Å². The van der Waals surface area contributed by atoms with E-state index in [2.05, 4.69) is 0 Å². The van der Waals surface area contributed by atoms with Gasteiger partial charge >= 0.3 is 0 Å². The molecule has 0 aromatic rings. The Hall–Kier alpha value is -0.690. The summed E-state index contributed by atoms with van der Waals surface area (Å²) >= 11 is 0. The van der Waals surface area contributed by atoms with Crippen LogP contribution in [-0.2, 0) is 9.53 Å². The lowest BCUT2D eigenvalue weighted by molar-refractivity contribution is -0.132. The van der Waals surface area contributed by atoms with Gasteiger partial charge in [-0.2, -0.15) is 0 Å². The van der Waals surface area contributed by atoms with Crippen LogP contribution in [0.2, 0.25) is 0 Å². The average molecular weight is 218 g/mol. The number of ether oxygens (including phenoxy) is 1. The zero-order valence-electron chi connectivity index (χ0n) is 8.80. The number of rotatable bonds is 4. The molecule has 0 saturated carbocycles. The summed E-state index contributed by atoms with van der Waals surface area (Å²) in [6.45, 7) is 0.729. The Morgan fingerprint density at radius 2 is 2.07 bits per heavy atom. The first-order valence-electron chi connectivity index (χ1n) is 4.95. The number of nitrogens with zero attached hydrogens (tertiary/aromatic N) is 1. The van der Waals surface area contributed by atoms with Gasteiger partial charge in [0.25, 0.3) is 0 Å². The van der Waals surface area contributed by atoms with Crippen molar-refractivity contribution in [1.82, 2.24) is 4.90 Å². The average Bonchev–Trinajstić information content (AvgIpc) is 2.54. The molecule has 0 aromatic carbocycles. The highest BCUT2D eigenvalue weighted by Gasteiger charge is 2.34. The smallest absolute Gasteiger partial charge is 0.239 e. The largest absolute Gasteiger partial charge is 0.388 e. The van der Waals surface area contributed by atoms with Crippen LogP contribution in [0.3, 0.4) is 0 Å². The van der Waals surface area contributed by atoms with E-state index in [1.54, 1.807) is 7.11 Å². The second-order valence-electron chi connectivity index (χ2n) is 3.77. The van der Waals surface area contributed by atoms with E-state index in [0.29, 0.717) is 13.0 Å². The summed E-state index contributed by atoms with van der Waals surface area (Å²) in [5.41, 5.74) is 5.64. The lowest BCUT2D eigenvalue weighted by Crippen LogP contribution is -2.43. The molecule has 1 aliphatic rings. The minimum Gasteiger partial charge on any atom is -0.388 e. The molecule has 6 heteroatoms. The summed E-state index contributed by atoms with van der Waals surface area (Å²) in [5.74, 6) is -0.248. The number of carbonyl (C=O) groups is 1. The van der Waals surface area contributed by atoms with Crippen LogP contribution in [0.1, 0.15) is 6.42 Å². The summed E-state index contributed by atoms with van der Waals surface area (Å²) in [6.07, 6.45) is -1.27. The highest BCUT2D eigenvalue weighted by atomic mass is 16.5. The minimum atomic E-state index is -0.858.